The summed E-state index contributed by atoms with van der Waals surface area (Å²) in [4.78, 5) is 2.50. The van der Waals surface area contributed by atoms with Crippen LogP contribution in [0.15, 0.2) is 30.3 Å². The molecule has 1 aromatic heterocycles. The van der Waals surface area contributed by atoms with E-state index in [1.165, 1.54) is 24.2 Å². The molecule has 4 rings (SSSR count). The molecule has 1 spiro atoms. The molecule has 29 heavy (non-hydrogen) atoms. The van der Waals surface area contributed by atoms with Gasteiger partial charge in [0.2, 0.25) is 0 Å². The largest absolute Gasteiger partial charge is 0.433 e. The van der Waals surface area contributed by atoms with Gasteiger partial charge in [0.1, 0.15) is 5.75 Å². The Bertz CT molecular complexity index is 820. The molecule has 4 nitrogen and oxygen atoms in total. The van der Waals surface area contributed by atoms with E-state index in [-0.39, 0.29) is 5.75 Å². The Morgan fingerprint density at radius 2 is 1.83 bits per heavy atom. The van der Waals surface area contributed by atoms with E-state index in [0.29, 0.717) is 5.54 Å². The first-order valence-corrected chi connectivity index (χ1v) is 10.7. The molecule has 2 aliphatic rings. The molecule has 1 aliphatic heterocycles. The third kappa shape index (κ3) is 4.74. The first-order chi connectivity index (χ1) is 13.8. The summed E-state index contributed by atoms with van der Waals surface area (Å²) in [7, 11) is 0. The zero-order valence-corrected chi connectivity index (χ0v) is 18.2. The molecule has 0 radical (unpaired) electrons. The third-order valence-electron chi connectivity index (χ3n) is 5.56. The molecule has 0 bridgehead atoms. The molecule has 0 amide bonds. The Morgan fingerprint density at radius 3 is 2.38 bits per heavy atom. The van der Waals surface area contributed by atoms with Crippen LogP contribution in [0.3, 0.4) is 0 Å². The summed E-state index contributed by atoms with van der Waals surface area (Å²) in [6, 6.07) is 9.16. The molecule has 2 fully saturated rings. The highest BCUT2D eigenvalue weighted by Crippen LogP contribution is 2.40. The summed E-state index contributed by atoms with van der Waals surface area (Å²) in [5, 5.41) is 3.66. The second kappa shape index (κ2) is 8.34. The van der Waals surface area contributed by atoms with Gasteiger partial charge in [-0.2, -0.15) is 8.78 Å². The lowest BCUT2D eigenvalue weighted by Gasteiger charge is -2.36. The highest BCUT2D eigenvalue weighted by atomic mass is 19.3. The molecule has 1 saturated carbocycles. The number of hydrogen-bond donors (Lipinski definition) is 1. The number of halogens is 2. The molecule has 6 heteroatoms. The highest BCUT2D eigenvalue weighted by molar-refractivity contribution is 5.59. The van der Waals surface area contributed by atoms with E-state index in [0.717, 1.165) is 44.4 Å². The summed E-state index contributed by atoms with van der Waals surface area (Å²) in [5.41, 5.74) is 5.00. The van der Waals surface area contributed by atoms with Crippen molar-refractivity contribution in [3.63, 3.8) is 0 Å². The lowest BCUT2D eigenvalue weighted by Crippen LogP contribution is -2.52. The number of benzene rings is 1. The van der Waals surface area contributed by atoms with Crippen LogP contribution >= 0.6 is 0 Å². The fraction of sp³-hybridized carbons (Fsp3) is 0.565. The van der Waals surface area contributed by atoms with E-state index in [1.54, 1.807) is 12.1 Å². The van der Waals surface area contributed by atoms with Gasteiger partial charge in [0.25, 0.3) is 0 Å². The molecular formula is C23H33F2N3O. The molecule has 1 aliphatic carbocycles. The van der Waals surface area contributed by atoms with Crippen LogP contribution in [-0.2, 0) is 6.42 Å². The van der Waals surface area contributed by atoms with Crippen molar-refractivity contribution in [2.45, 2.75) is 65.5 Å². The zero-order valence-electron chi connectivity index (χ0n) is 18.2. The van der Waals surface area contributed by atoms with E-state index in [1.807, 2.05) is 26.0 Å². The third-order valence-corrected chi connectivity index (χ3v) is 5.56. The minimum absolute atomic E-state index is 0.173. The molecule has 2 aromatic rings. The second-order valence-corrected chi connectivity index (χ2v) is 7.84. The van der Waals surface area contributed by atoms with Crippen LogP contribution in [0, 0.1) is 6.92 Å². The molecule has 0 unspecified atom stereocenters. The SMILES string of the molecule is CC.CCc1c(N2CCNC3(CC3)C2)cc(C)n1-c1ccc(OC(C)(F)F)cc1. The first-order valence-electron chi connectivity index (χ1n) is 10.7. The van der Waals surface area contributed by atoms with Crippen LogP contribution in [0.4, 0.5) is 14.5 Å². The van der Waals surface area contributed by atoms with Crippen LogP contribution in [0.5, 0.6) is 5.75 Å². The number of rotatable bonds is 5. The molecule has 0 atom stereocenters. The van der Waals surface area contributed by atoms with E-state index >= 15 is 0 Å². The van der Waals surface area contributed by atoms with Gasteiger partial charge < -0.3 is 19.5 Å². The van der Waals surface area contributed by atoms with Crippen molar-refractivity contribution in [2.75, 3.05) is 24.5 Å². The number of hydrogen-bond acceptors (Lipinski definition) is 3. The lowest BCUT2D eigenvalue weighted by atomic mass is 10.1. The summed E-state index contributed by atoms with van der Waals surface area (Å²) in [5.74, 6) is 0.173. The normalized spacial score (nSPS) is 17.7. The van der Waals surface area contributed by atoms with Crippen molar-refractivity contribution in [3.8, 4) is 11.4 Å². The van der Waals surface area contributed by atoms with Crippen molar-refractivity contribution in [3.05, 3.63) is 41.7 Å². The summed E-state index contributed by atoms with van der Waals surface area (Å²) < 4.78 is 33.0. The average Bonchev–Trinajstić information content (AvgIpc) is 3.34. The van der Waals surface area contributed by atoms with Gasteiger partial charge >= 0.3 is 6.11 Å². The van der Waals surface area contributed by atoms with Gasteiger partial charge in [-0.3, -0.25) is 0 Å². The van der Waals surface area contributed by atoms with Gasteiger partial charge in [0.05, 0.1) is 5.69 Å². The van der Waals surface area contributed by atoms with Gasteiger partial charge in [-0.1, -0.05) is 20.8 Å². The van der Waals surface area contributed by atoms with Crippen LogP contribution in [-0.4, -0.2) is 35.8 Å². The summed E-state index contributed by atoms with van der Waals surface area (Å²) in [6.45, 7) is 12.1. The van der Waals surface area contributed by atoms with Crippen molar-refractivity contribution >= 4 is 5.69 Å². The monoisotopic (exact) mass is 405 g/mol. The minimum atomic E-state index is -3.17. The lowest BCUT2D eigenvalue weighted by molar-refractivity contribution is -0.158. The number of anilines is 1. The first kappa shape index (κ1) is 21.6. The number of nitrogens with zero attached hydrogens (tertiary/aromatic N) is 2. The maximum atomic E-state index is 13.1. The molecular weight excluding hydrogens is 372 g/mol. The highest BCUT2D eigenvalue weighted by Gasteiger charge is 2.46. The Labute approximate surface area is 172 Å². The minimum Gasteiger partial charge on any atom is -0.433 e. The van der Waals surface area contributed by atoms with E-state index in [2.05, 4.69) is 39.4 Å². The average molecular weight is 406 g/mol. The van der Waals surface area contributed by atoms with Crippen molar-refractivity contribution in [2.24, 2.45) is 0 Å². The molecule has 1 aromatic carbocycles. The van der Waals surface area contributed by atoms with Crippen LogP contribution < -0.4 is 15.0 Å². The van der Waals surface area contributed by atoms with Crippen molar-refractivity contribution in [1.82, 2.24) is 9.88 Å². The number of piperazine rings is 1. The Morgan fingerprint density at radius 1 is 1.17 bits per heavy atom. The number of aryl methyl sites for hydroxylation is 1. The predicted octanol–water partition coefficient (Wildman–Crippen LogP) is 5.31. The predicted molar refractivity (Wildman–Crippen MR) is 115 cm³/mol. The Kier molecular flexibility index (Phi) is 6.22. The molecule has 1 N–H and O–H groups in total. The quantitative estimate of drug-likeness (QED) is 0.731. The van der Waals surface area contributed by atoms with E-state index in [9.17, 15) is 8.78 Å². The Balaban J connectivity index is 0.00000117. The van der Waals surface area contributed by atoms with Gasteiger partial charge in [0, 0.05) is 49.2 Å². The fourth-order valence-electron chi connectivity index (χ4n) is 4.16. The summed E-state index contributed by atoms with van der Waals surface area (Å²) >= 11 is 0. The molecule has 160 valence electrons. The van der Waals surface area contributed by atoms with Crippen LogP contribution in [0.1, 0.15) is 51.9 Å². The summed E-state index contributed by atoms with van der Waals surface area (Å²) in [6.07, 6.45) is 0.251. The molecule has 2 heterocycles. The van der Waals surface area contributed by atoms with Gasteiger partial charge in [0.15, 0.2) is 0 Å². The van der Waals surface area contributed by atoms with Gasteiger partial charge in [-0.25, -0.2) is 0 Å². The fourth-order valence-corrected chi connectivity index (χ4v) is 4.16. The van der Waals surface area contributed by atoms with E-state index < -0.39 is 6.11 Å². The smallest absolute Gasteiger partial charge is 0.394 e. The zero-order chi connectivity index (χ0) is 21.2. The maximum Gasteiger partial charge on any atom is 0.394 e. The maximum absolute atomic E-state index is 13.1. The van der Waals surface area contributed by atoms with Gasteiger partial charge in [-0.15, -0.1) is 0 Å². The van der Waals surface area contributed by atoms with Crippen molar-refractivity contribution < 1.29 is 13.5 Å². The van der Waals surface area contributed by atoms with Gasteiger partial charge in [-0.05, 0) is 56.5 Å². The number of alkyl halides is 2. The Hall–Kier alpha value is -2.08. The standard InChI is InChI=1S/C21H27F2N3O.C2H6/c1-4-18-19(25-12-11-24-21(14-25)9-10-21)13-15(2)26(18)16-5-7-17(8-6-16)27-20(3,22)23;1-2/h5-8,13,24H,4,9-12,14H2,1-3H3;1-2H3. The van der Waals surface area contributed by atoms with Crippen molar-refractivity contribution in [1.29, 1.82) is 0 Å². The topological polar surface area (TPSA) is 29.4 Å². The van der Waals surface area contributed by atoms with Crippen LogP contribution in [0.25, 0.3) is 5.69 Å². The molecule has 1 saturated heterocycles. The number of nitrogens with one attached hydrogen (secondary N) is 1. The second-order valence-electron chi connectivity index (χ2n) is 7.84. The van der Waals surface area contributed by atoms with Crippen LogP contribution in [0.2, 0.25) is 0 Å². The number of aromatic nitrogens is 1. The number of ether oxygens (including phenoxy) is 1. The van der Waals surface area contributed by atoms with E-state index in [4.69, 9.17) is 0 Å².